The van der Waals surface area contributed by atoms with Gasteiger partial charge in [0, 0.05) is 28.1 Å². The highest BCUT2D eigenvalue weighted by molar-refractivity contribution is 6.18. The van der Waals surface area contributed by atoms with Crippen molar-refractivity contribution in [1.29, 1.82) is 0 Å². The standard InChI is InChI=1S/C21H15N3/c1-3-10-18-14(6-1)16-8-5-9-17-15-7-2-4-11-19(15)24(20(16)17)21-22-12-13-23(18)21/h1-11H,12-13H2. The number of fused-ring (bicyclic) bond motifs is 8. The van der Waals surface area contributed by atoms with Gasteiger partial charge in [0.1, 0.15) is 0 Å². The van der Waals surface area contributed by atoms with Gasteiger partial charge in [0.15, 0.2) is 0 Å². The average Bonchev–Trinajstić information content (AvgIpc) is 3.21. The Balaban J connectivity index is 2.15. The molecule has 0 amide bonds. The minimum absolute atomic E-state index is 0.847. The predicted molar refractivity (Wildman–Crippen MR) is 98.3 cm³/mol. The second kappa shape index (κ2) is 4.26. The summed E-state index contributed by atoms with van der Waals surface area (Å²) in [7, 11) is 0. The zero-order valence-electron chi connectivity index (χ0n) is 13.1. The summed E-state index contributed by atoms with van der Waals surface area (Å²) in [4.78, 5) is 4.87. The third-order valence-electron chi connectivity index (χ3n) is 5.20. The second-order valence-corrected chi connectivity index (χ2v) is 6.40. The second-order valence-electron chi connectivity index (χ2n) is 6.40. The van der Waals surface area contributed by atoms with E-state index in [-0.39, 0.29) is 0 Å². The van der Waals surface area contributed by atoms with Crippen LogP contribution < -0.4 is 5.62 Å². The minimum Gasteiger partial charge on any atom is -0.309 e. The van der Waals surface area contributed by atoms with Crippen LogP contribution in [0.1, 0.15) is 0 Å². The number of benzene rings is 3. The van der Waals surface area contributed by atoms with E-state index in [1.807, 2.05) is 0 Å². The number of nitrogens with zero attached hydrogens (tertiary/aromatic N) is 3. The van der Waals surface area contributed by atoms with Crippen LogP contribution in [0.25, 0.3) is 38.1 Å². The lowest BCUT2D eigenvalue weighted by Crippen LogP contribution is -2.20. The van der Waals surface area contributed by atoms with Gasteiger partial charge in [0.2, 0.25) is 5.62 Å². The van der Waals surface area contributed by atoms with Crippen LogP contribution >= 0.6 is 0 Å². The molecule has 0 N–H and O–H groups in total. The van der Waals surface area contributed by atoms with Gasteiger partial charge < -0.3 is 4.57 Å². The zero-order chi connectivity index (χ0) is 15.7. The van der Waals surface area contributed by atoms with Crippen LogP contribution in [-0.4, -0.2) is 15.5 Å². The maximum atomic E-state index is 4.87. The van der Waals surface area contributed by atoms with Crippen LogP contribution in [0.5, 0.6) is 0 Å². The van der Waals surface area contributed by atoms with Crippen molar-refractivity contribution in [2.24, 2.45) is 4.99 Å². The molecule has 3 aromatic carbocycles. The van der Waals surface area contributed by atoms with E-state index in [0.29, 0.717) is 0 Å². The molecule has 0 radical (unpaired) electrons. The molecule has 3 nitrogen and oxygen atoms in total. The normalized spacial score (nSPS) is 13.8. The molecule has 0 saturated heterocycles. The van der Waals surface area contributed by atoms with E-state index in [4.69, 9.17) is 4.99 Å². The van der Waals surface area contributed by atoms with Crippen molar-refractivity contribution in [3.05, 3.63) is 72.3 Å². The number of hydrogen-bond donors (Lipinski definition) is 0. The first-order valence-corrected chi connectivity index (χ1v) is 8.37. The highest BCUT2D eigenvalue weighted by atomic mass is 15.2. The Morgan fingerprint density at radius 3 is 2.08 bits per heavy atom. The first-order chi connectivity index (χ1) is 11.9. The topological polar surface area (TPSA) is 21.7 Å². The minimum atomic E-state index is 0.847. The fourth-order valence-corrected chi connectivity index (χ4v) is 4.24. The van der Waals surface area contributed by atoms with Gasteiger partial charge in [-0.2, -0.15) is 0 Å². The summed E-state index contributed by atoms with van der Waals surface area (Å²) in [5.41, 5.74) is 4.82. The smallest absolute Gasteiger partial charge is 0.210 e. The summed E-state index contributed by atoms with van der Waals surface area (Å²) >= 11 is 0. The first-order valence-electron chi connectivity index (χ1n) is 8.37. The van der Waals surface area contributed by atoms with E-state index >= 15 is 0 Å². The third kappa shape index (κ3) is 1.36. The van der Waals surface area contributed by atoms with Gasteiger partial charge in [-0.15, -0.1) is 0 Å². The molecule has 5 aromatic rings. The van der Waals surface area contributed by atoms with Gasteiger partial charge >= 0.3 is 0 Å². The van der Waals surface area contributed by atoms with E-state index in [1.165, 1.54) is 38.1 Å². The molecule has 0 spiro atoms. The molecule has 0 aliphatic carbocycles. The number of hydrogen-bond acceptors (Lipinski definition) is 1. The van der Waals surface area contributed by atoms with Crippen LogP contribution in [0, 0.1) is 0 Å². The molecule has 1 aliphatic heterocycles. The van der Waals surface area contributed by atoms with E-state index in [9.17, 15) is 0 Å². The molecule has 0 unspecified atom stereocenters. The van der Waals surface area contributed by atoms with Crippen LogP contribution in [-0.2, 0) is 6.54 Å². The lowest BCUT2D eigenvalue weighted by molar-refractivity contribution is 0.768. The summed E-state index contributed by atoms with van der Waals surface area (Å²) in [6.45, 7) is 1.79. The molecule has 0 atom stereocenters. The molecule has 6 rings (SSSR count). The van der Waals surface area contributed by atoms with Crippen LogP contribution in [0.4, 0.5) is 0 Å². The van der Waals surface area contributed by atoms with Crippen molar-refractivity contribution in [1.82, 2.24) is 8.97 Å². The zero-order valence-corrected chi connectivity index (χ0v) is 13.1. The van der Waals surface area contributed by atoms with E-state index < -0.39 is 0 Å². The van der Waals surface area contributed by atoms with E-state index in [2.05, 4.69) is 75.7 Å². The fourth-order valence-electron chi connectivity index (χ4n) is 4.24. The van der Waals surface area contributed by atoms with Gasteiger partial charge in [0.05, 0.1) is 23.1 Å². The molecule has 0 saturated carbocycles. The number of para-hydroxylation sites is 3. The molecule has 3 heteroatoms. The van der Waals surface area contributed by atoms with Crippen molar-refractivity contribution in [2.75, 3.05) is 6.54 Å². The van der Waals surface area contributed by atoms with Crippen LogP contribution in [0.3, 0.4) is 0 Å². The monoisotopic (exact) mass is 309 g/mol. The molecular weight excluding hydrogens is 294 g/mol. The maximum Gasteiger partial charge on any atom is 0.210 e. The Morgan fingerprint density at radius 1 is 0.667 bits per heavy atom. The first kappa shape index (κ1) is 12.4. The average molecular weight is 309 g/mol. The summed E-state index contributed by atoms with van der Waals surface area (Å²) in [5.74, 6) is 0. The van der Waals surface area contributed by atoms with Crippen molar-refractivity contribution in [2.45, 2.75) is 6.54 Å². The van der Waals surface area contributed by atoms with Gasteiger partial charge in [0.25, 0.3) is 0 Å². The molecule has 24 heavy (non-hydrogen) atoms. The molecule has 1 aliphatic rings. The number of rotatable bonds is 0. The highest BCUT2D eigenvalue weighted by Gasteiger charge is 2.17. The van der Waals surface area contributed by atoms with Crippen LogP contribution in [0.2, 0.25) is 0 Å². The summed E-state index contributed by atoms with van der Waals surface area (Å²) < 4.78 is 4.72. The third-order valence-corrected chi connectivity index (χ3v) is 5.20. The maximum absolute atomic E-state index is 4.87. The van der Waals surface area contributed by atoms with Crippen molar-refractivity contribution >= 4 is 38.1 Å². The molecule has 0 fully saturated rings. The fraction of sp³-hybridized carbons (Fsp3) is 0.0952. The largest absolute Gasteiger partial charge is 0.309 e. The summed E-state index contributed by atoms with van der Waals surface area (Å²) in [5, 5.41) is 5.17. The Bertz CT molecular complexity index is 1350. The molecule has 2 aromatic heterocycles. The van der Waals surface area contributed by atoms with Gasteiger partial charge in [-0.25, -0.2) is 0 Å². The Morgan fingerprint density at radius 2 is 1.29 bits per heavy atom. The highest BCUT2D eigenvalue weighted by Crippen LogP contribution is 2.33. The van der Waals surface area contributed by atoms with Crippen LogP contribution in [0.15, 0.2) is 71.7 Å². The van der Waals surface area contributed by atoms with Gasteiger partial charge in [-0.3, -0.25) is 9.39 Å². The summed E-state index contributed by atoms with van der Waals surface area (Å²) in [6.07, 6.45) is 0. The quantitative estimate of drug-likeness (QED) is 0.410. The number of aromatic nitrogens is 2. The Hall–Kier alpha value is -3.07. The lowest BCUT2D eigenvalue weighted by atomic mass is 10.1. The van der Waals surface area contributed by atoms with E-state index in [0.717, 1.165) is 18.7 Å². The Labute approximate surface area is 138 Å². The molecule has 0 bridgehead atoms. The van der Waals surface area contributed by atoms with Gasteiger partial charge in [-0.05, 0) is 12.1 Å². The van der Waals surface area contributed by atoms with E-state index in [1.54, 1.807) is 0 Å². The molecular formula is C21H15N3. The molecule has 114 valence electrons. The van der Waals surface area contributed by atoms with Crippen molar-refractivity contribution in [3.63, 3.8) is 0 Å². The SMILES string of the molecule is c1ccc2c(c1)c1cccc3c4ccccc4n(c4n2CCN=4)c13. The lowest BCUT2D eigenvalue weighted by Gasteiger charge is -2.02. The summed E-state index contributed by atoms with van der Waals surface area (Å²) in [6, 6.07) is 24.0. The molecule has 3 heterocycles. The van der Waals surface area contributed by atoms with Crippen molar-refractivity contribution < 1.29 is 0 Å². The van der Waals surface area contributed by atoms with Crippen molar-refractivity contribution in [3.8, 4) is 0 Å². The Kier molecular flexibility index (Phi) is 2.20. The predicted octanol–water partition coefficient (Wildman–Crippen LogP) is 4.11. The van der Waals surface area contributed by atoms with Gasteiger partial charge in [-0.1, -0.05) is 54.6 Å².